The standard InChI is InChI=1S/C52H56N6O6/c59-47(53-29-25-37-13-5-1-6-14-37)43-33-57(34-44(43)48(60)54-30-26-38-15-7-2-8-16-38)51(63)41-21-23-42(24-22-41)52(64)58-35-45(49(61)55-31-27-39-17-9-3-10-18-39)46(36-58)50(62)56-32-28-40-19-11-4-12-20-40/h1-24,43-46H,25-36H2,(H,53,59)(H,54,60)(H,55,61)(H,56,62)/t43-,44-,45-,46-/m0/s1. The first-order valence-corrected chi connectivity index (χ1v) is 22.2. The Balaban J connectivity index is 0.988. The van der Waals surface area contributed by atoms with Gasteiger partial charge < -0.3 is 31.1 Å². The van der Waals surface area contributed by atoms with Crippen LogP contribution in [0.4, 0.5) is 0 Å². The second kappa shape index (κ2) is 22.3. The molecule has 2 fully saturated rings. The van der Waals surface area contributed by atoms with Crippen LogP contribution in [0.5, 0.6) is 0 Å². The fraction of sp³-hybridized carbons (Fsp3) is 0.308. The molecule has 5 aromatic rings. The van der Waals surface area contributed by atoms with Gasteiger partial charge in [0, 0.05) is 63.5 Å². The molecule has 2 saturated heterocycles. The zero-order chi connectivity index (χ0) is 44.7. The Hall–Kier alpha value is -7.08. The van der Waals surface area contributed by atoms with Crippen molar-refractivity contribution < 1.29 is 28.8 Å². The van der Waals surface area contributed by atoms with Gasteiger partial charge in [-0.3, -0.25) is 28.8 Å². The maximum Gasteiger partial charge on any atom is 0.253 e. The van der Waals surface area contributed by atoms with Gasteiger partial charge in [0.2, 0.25) is 23.6 Å². The minimum atomic E-state index is -0.751. The zero-order valence-electron chi connectivity index (χ0n) is 36.0. The monoisotopic (exact) mass is 860 g/mol. The molecule has 2 heterocycles. The molecule has 4 atom stereocenters. The normalized spacial score (nSPS) is 17.9. The summed E-state index contributed by atoms with van der Waals surface area (Å²) in [4.78, 5) is 85.5. The Morgan fingerprint density at radius 3 is 0.781 bits per heavy atom. The lowest BCUT2D eigenvalue weighted by Crippen LogP contribution is -2.42. The minimum absolute atomic E-state index is 0.0604. The Morgan fingerprint density at radius 2 is 0.562 bits per heavy atom. The average molecular weight is 861 g/mol. The summed E-state index contributed by atoms with van der Waals surface area (Å²) in [6.07, 6.45) is 2.51. The summed E-state index contributed by atoms with van der Waals surface area (Å²) in [6.45, 7) is 1.80. The van der Waals surface area contributed by atoms with Gasteiger partial charge in [-0.1, -0.05) is 121 Å². The third kappa shape index (κ3) is 12.1. The average Bonchev–Trinajstić information content (AvgIpc) is 4.00. The Bertz CT molecular complexity index is 2050. The molecule has 0 aliphatic carbocycles. The predicted molar refractivity (Wildman–Crippen MR) is 245 cm³/mol. The van der Waals surface area contributed by atoms with Crippen molar-refractivity contribution >= 4 is 35.4 Å². The van der Waals surface area contributed by atoms with E-state index in [1.165, 1.54) is 9.80 Å². The van der Waals surface area contributed by atoms with Crippen LogP contribution in [0.2, 0.25) is 0 Å². The Morgan fingerprint density at radius 1 is 0.344 bits per heavy atom. The molecule has 0 unspecified atom stereocenters. The third-order valence-electron chi connectivity index (χ3n) is 12.2. The number of carbonyl (C=O) groups is 6. The summed E-state index contributed by atoms with van der Waals surface area (Å²) in [5, 5.41) is 12.0. The topological polar surface area (TPSA) is 157 Å². The second-order valence-electron chi connectivity index (χ2n) is 16.5. The summed E-state index contributed by atoms with van der Waals surface area (Å²) >= 11 is 0. The lowest BCUT2D eigenvalue weighted by Gasteiger charge is -2.18. The van der Waals surface area contributed by atoms with E-state index in [9.17, 15) is 28.8 Å². The van der Waals surface area contributed by atoms with Gasteiger partial charge in [-0.2, -0.15) is 0 Å². The van der Waals surface area contributed by atoms with E-state index in [1.807, 2.05) is 121 Å². The number of rotatable bonds is 18. The van der Waals surface area contributed by atoms with Gasteiger partial charge in [0.05, 0.1) is 23.7 Å². The number of nitrogens with zero attached hydrogens (tertiary/aromatic N) is 2. The maximum absolute atomic E-state index is 14.0. The number of likely N-dealkylation sites (tertiary alicyclic amines) is 2. The summed E-state index contributed by atoms with van der Waals surface area (Å²) < 4.78 is 0. The fourth-order valence-corrected chi connectivity index (χ4v) is 8.55. The highest BCUT2D eigenvalue weighted by Crippen LogP contribution is 2.28. The van der Waals surface area contributed by atoms with Gasteiger partial charge in [0.1, 0.15) is 0 Å². The van der Waals surface area contributed by atoms with Gasteiger partial charge in [0.15, 0.2) is 0 Å². The van der Waals surface area contributed by atoms with Crippen LogP contribution < -0.4 is 21.3 Å². The quantitative estimate of drug-likeness (QED) is 0.102. The molecular formula is C52H56N6O6. The third-order valence-corrected chi connectivity index (χ3v) is 12.2. The van der Waals surface area contributed by atoms with Crippen LogP contribution in [0.3, 0.4) is 0 Å². The van der Waals surface area contributed by atoms with E-state index in [0.29, 0.717) is 63.0 Å². The van der Waals surface area contributed by atoms with Crippen molar-refractivity contribution in [1.82, 2.24) is 31.1 Å². The summed E-state index contributed by atoms with van der Waals surface area (Å²) in [5.74, 6) is -4.86. The van der Waals surface area contributed by atoms with E-state index >= 15 is 0 Å². The highest BCUT2D eigenvalue weighted by molar-refractivity contribution is 6.00. The van der Waals surface area contributed by atoms with E-state index in [-0.39, 0.29) is 61.6 Å². The van der Waals surface area contributed by atoms with Gasteiger partial charge in [0.25, 0.3) is 11.8 Å². The highest BCUT2D eigenvalue weighted by Gasteiger charge is 2.45. The van der Waals surface area contributed by atoms with Crippen molar-refractivity contribution in [3.05, 3.63) is 179 Å². The molecule has 0 saturated carbocycles. The number of hydrogen-bond acceptors (Lipinski definition) is 6. The number of hydrogen-bond donors (Lipinski definition) is 4. The molecule has 4 N–H and O–H groups in total. The first-order chi connectivity index (χ1) is 31.2. The van der Waals surface area contributed by atoms with E-state index in [4.69, 9.17) is 0 Å². The molecule has 0 aromatic heterocycles. The van der Waals surface area contributed by atoms with Crippen molar-refractivity contribution in [3.8, 4) is 0 Å². The first kappa shape index (κ1) is 45.0. The number of carbonyl (C=O) groups excluding carboxylic acids is 6. The maximum atomic E-state index is 14.0. The van der Waals surface area contributed by atoms with Gasteiger partial charge in [-0.25, -0.2) is 0 Å². The zero-order valence-corrected chi connectivity index (χ0v) is 36.0. The molecule has 0 bridgehead atoms. The number of amides is 6. The SMILES string of the molecule is O=C(NCCc1ccccc1)[C@H]1CN(C(=O)c2ccc(C(=O)N3C[C@H](C(=O)NCCc4ccccc4)[C@@H](C(=O)NCCc4ccccc4)C3)cc2)C[C@@H]1C(=O)NCCc1ccccc1. The van der Waals surface area contributed by atoms with Gasteiger partial charge in [-0.05, 0) is 72.2 Å². The van der Waals surface area contributed by atoms with Crippen LogP contribution in [0.25, 0.3) is 0 Å². The lowest BCUT2D eigenvalue weighted by atomic mass is 9.94. The van der Waals surface area contributed by atoms with Crippen molar-refractivity contribution in [1.29, 1.82) is 0 Å². The molecule has 7 rings (SSSR count). The second-order valence-corrected chi connectivity index (χ2v) is 16.5. The summed E-state index contributed by atoms with van der Waals surface area (Å²) in [5.41, 5.74) is 4.91. The molecule has 2 aliphatic rings. The summed E-state index contributed by atoms with van der Waals surface area (Å²) in [7, 11) is 0. The molecule has 6 amide bonds. The molecular weight excluding hydrogens is 805 g/mol. The van der Waals surface area contributed by atoms with Crippen molar-refractivity contribution in [3.63, 3.8) is 0 Å². The first-order valence-electron chi connectivity index (χ1n) is 22.2. The molecule has 12 nitrogen and oxygen atoms in total. The smallest absolute Gasteiger partial charge is 0.253 e. The molecule has 64 heavy (non-hydrogen) atoms. The minimum Gasteiger partial charge on any atom is -0.355 e. The lowest BCUT2D eigenvalue weighted by molar-refractivity contribution is -0.132. The molecule has 12 heteroatoms. The molecule has 2 aliphatic heterocycles. The highest BCUT2D eigenvalue weighted by atomic mass is 16.2. The van der Waals surface area contributed by atoms with Crippen molar-refractivity contribution in [2.24, 2.45) is 23.7 Å². The van der Waals surface area contributed by atoms with E-state index in [0.717, 1.165) is 22.3 Å². The van der Waals surface area contributed by atoms with Gasteiger partial charge >= 0.3 is 0 Å². The van der Waals surface area contributed by atoms with E-state index in [1.54, 1.807) is 24.3 Å². The summed E-state index contributed by atoms with van der Waals surface area (Å²) in [6, 6.07) is 45.5. The van der Waals surface area contributed by atoms with Crippen molar-refractivity contribution in [2.45, 2.75) is 25.7 Å². The number of benzene rings is 5. The molecule has 0 radical (unpaired) electrons. The van der Waals surface area contributed by atoms with Crippen LogP contribution in [-0.2, 0) is 44.9 Å². The number of nitrogens with one attached hydrogen (secondary N) is 4. The molecule has 0 spiro atoms. The Labute approximate surface area is 374 Å². The Kier molecular flexibility index (Phi) is 15.7. The van der Waals surface area contributed by atoms with Crippen LogP contribution in [-0.4, -0.2) is 97.6 Å². The van der Waals surface area contributed by atoms with Crippen LogP contribution in [0.15, 0.2) is 146 Å². The fourth-order valence-electron chi connectivity index (χ4n) is 8.55. The van der Waals surface area contributed by atoms with E-state index < -0.39 is 23.7 Å². The molecule has 5 aromatic carbocycles. The van der Waals surface area contributed by atoms with E-state index in [2.05, 4.69) is 21.3 Å². The molecule has 330 valence electrons. The largest absolute Gasteiger partial charge is 0.355 e. The van der Waals surface area contributed by atoms with Crippen LogP contribution in [0.1, 0.15) is 43.0 Å². The van der Waals surface area contributed by atoms with Gasteiger partial charge in [-0.15, -0.1) is 0 Å². The van der Waals surface area contributed by atoms with Crippen LogP contribution >= 0.6 is 0 Å². The van der Waals surface area contributed by atoms with Crippen molar-refractivity contribution in [2.75, 3.05) is 52.4 Å². The van der Waals surface area contributed by atoms with Crippen LogP contribution in [0, 0.1) is 23.7 Å². The predicted octanol–water partition coefficient (Wildman–Crippen LogP) is 4.50.